The van der Waals surface area contributed by atoms with Gasteiger partial charge in [0.15, 0.2) is 5.78 Å². The molecule has 0 heterocycles. The second-order valence-corrected chi connectivity index (χ2v) is 4.21. The molecule has 0 saturated carbocycles. The van der Waals surface area contributed by atoms with E-state index >= 15 is 0 Å². The molecule has 3 nitrogen and oxygen atoms in total. The van der Waals surface area contributed by atoms with Crippen molar-refractivity contribution in [2.75, 3.05) is 6.61 Å². The Bertz CT molecular complexity index is 392. The fourth-order valence-electron chi connectivity index (χ4n) is 1.59. The van der Waals surface area contributed by atoms with Crippen molar-refractivity contribution >= 4 is 11.8 Å². The lowest BCUT2D eigenvalue weighted by Crippen LogP contribution is -2.04. The fraction of sp³-hybridized carbons (Fsp3) is 0.429. The van der Waals surface area contributed by atoms with Gasteiger partial charge in [-0.2, -0.15) is 0 Å². The van der Waals surface area contributed by atoms with Gasteiger partial charge in [0, 0.05) is 12.5 Å². The molecule has 0 N–H and O–H groups in total. The molecule has 0 aliphatic heterocycles. The first-order valence-electron chi connectivity index (χ1n) is 5.75. The highest BCUT2D eigenvalue weighted by molar-refractivity contribution is 5.94. The Kier molecular flexibility index (Phi) is 4.88. The third-order valence-corrected chi connectivity index (χ3v) is 2.74. The van der Waals surface area contributed by atoms with Crippen molar-refractivity contribution in [3.63, 3.8) is 0 Å². The number of benzene rings is 1. The molecular formula is C14H18O3. The van der Waals surface area contributed by atoms with Crippen molar-refractivity contribution in [1.29, 1.82) is 0 Å². The van der Waals surface area contributed by atoms with E-state index in [0.29, 0.717) is 12.5 Å². The van der Waals surface area contributed by atoms with Gasteiger partial charge in [-0.3, -0.25) is 9.59 Å². The van der Waals surface area contributed by atoms with Crippen LogP contribution in [0.3, 0.4) is 0 Å². The van der Waals surface area contributed by atoms with Crippen LogP contribution in [0.1, 0.15) is 49.0 Å². The quantitative estimate of drug-likeness (QED) is 0.581. The van der Waals surface area contributed by atoms with Crippen LogP contribution < -0.4 is 0 Å². The molecule has 0 radical (unpaired) electrons. The average Bonchev–Trinajstić information content (AvgIpc) is 2.28. The number of rotatable bonds is 5. The number of esters is 1. The molecule has 0 fully saturated rings. The van der Waals surface area contributed by atoms with Crippen LogP contribution in [0.5, 0.6) is 0 Å². The highest BCUT2D eigenvalue weighted by Gasteiger charge is 2.07. The number of Topliss-reactive ketones (excluding diaryl/α,β-unsaturated/α-hetero) is 1. The van der Waals surface area contributed by atoms with Crippen LogP contribution in [0.2, 0.25) is 0 Å². The molecule has 0 aliphatic rings. The molecule has 0 aromatic heterocycles. The predicted molar refractivity (Wildman–Crippen MR) is 66.1 cm³/mol. The largest absolute Gasteiger partial charge is 0.466 e. The lowest BCUT2D eigenvalue weighted by molar-refractivity contribution is -0.141. The van der Waals surface area contributed by atoms with Gasteiger partial charge in [-0.15, -0.1) is 0 Å². The molecule has 0 bridgehead atoms. The maximum Gasteiger partial charge on any atom is 0.302 e. The molecule has 17 heavy (non-hydrogen) atoms. The Morgan fingerprint density at radius 2 is 1.76 bits per heavy atom. The van der Waals surface area contributed by atoms with Crippen molar-refractivity contribution < 1.29 is 14.3 Å². The summed E-state index contributed by atoms with van der Waals surface area (Å²) in [7, 11) is 0. The third kappa shape index (κ3) is 4.39. The summed E-state index contributed by atoms with van der Waals surface area (Å²) < 4.78 is 4.90. The van der Waals surface area contributed by atoms with Crippen LogP contribution >= 0.6 is 0 Å². The van der Waals surface area contributed by atoms with E-state index in [-0.39, 0.29) is 11.8 Å². The van der Waals surface area contributed by atoms with E-state index in [2.05, 4.69) is 6.92 Å². The number of ether oxygens (including phenoxy) is 1. The number of carbonyl (C=O) groups excluding carboxylic acids is 2. The summed E-state index contributed by atoms with van der Waals surface area (Å²) >= 11 is 0. The van der Waals surface area contributed by atoms with E-state index in [9.17, 15) is 9.59 Å². The van der Waals surface area contributed by atoms with Gasteiger partial charge in [-0.25, -0.2) is 0 Å². The number of carbonyl (C=O) groups is 2. The number of hydrogen-bond acceptors (Lipinski definition) is 3. The average molecular weight is 234 g/mol. The summed E-state index contributed by atoms with van der Waals surface area (Å²) in [5.74, 6) is 0.142. The van der Waals surface area contributed by atoms with Gasteiger partial charge in [0.05, 0.1) is 6.61 Å². The molecule has 1 aromatic rings. The Morgan fingerprint density at radius 1 is 1.18 bits per heavy atom. The van der Waals surface area contributed by atoms with Crippen molar-refractivity contribution in [2.24, 2.45) is 0 Å². The normalized spacial score (nSPS) is 11.9. The van der Waals surface area contributed by atoms with Gasteiger partial charge in [0.2, 0.25) is 0 Å². The summed E-state index contributed by atoms with van der Waals surface area (Å²) in [5.41, 5.74) is 1.88. The van der Waals surface area contributed by atoms with Gasteiger partial charge >= 0.3 is 5.97 Å². The van der Waals surface area contributed by atoms with Crippen LogP contribution in [0.25, 0.3) is 0 Å². The molecule has 0 amide bonds. The van der Waals surface area contributed by atoms with Crippen LogP contribution in [0, 0.1) is 0 Å². The molecule has 1 unspecified atom stereocenters. The molecule has 92 valence electrons. The Labute approximate surface area is 102 Å². The third-order valence-electron chi connectivity index (χ3n) is 2.74. The van der Waals surface area contributed by atoms with E-state index in [4.69, 9.17) is 4.74 Å². The summed E-state index contributed by atoms with van der Waals surface area (Å²) in [6, 6.07) is 7.57. The van der Waals surface area contributed by atoms with Crippen molar-refractivity contribution in [1.82, 2.24) is 0 Å². The minimum atomic E-state index is -0.246. The molecule has 0 saturated heterocycles. The Morgan fingerprint density at radius 3 is 2.24 bits per heavy atom. The molecule has 0 aliphatic carbocycles. The fourth-order valence-corrected chi connectivity index (χ4v) is 1.59. The van der Waals surface area contributed by atoms with E-state index in [1.54, 1.807) is 6.92 Å². The first-order chi connectivity index (χ1) is 8.00. The second-order valence-electron chi connectivity index (χ2n) is 4.21. The molecule has 0 spiro atoms. The van der Waals surface area contributed by atoms with E-state index in [0.717, 1.165) is 17.5 Å². The zero-order chi connectivity index (χ0) is 12.8. The van der Waals surface area contributed by atoms with Crippen LogP contribution in [0.15, 0.2) is 24.3 Å². The van der Waals surface area contributed by atoms with E-state index in [1.165, 1.54) is 6.92 Å². The summed E-state index contributed by atoms with van der Waals surface area (Å²) in [6.45, 7) is 5.47. The van der Waals surface area contributed by atoms with Crippen molar-refractivity contribution in [3.8, 4) is 0 Å². The van der Waals surface area contributed by atoms with Crippen LogP contribution in [-0.4, -0.2) is 18.4 Å². The number of hydrogen-bond donors (Lipinski definition) is 0. The predicted octanol–water partition coefficient (Wildman–Crippen LogP) is 2.95. The molecule has 1 aromatic carbocycles. The van der Waals surface area contributed by atoms with Gasteiger partial charge in [-0.05, 0) is 24.8 Å². The first-order valence-corrected chi connectivity index (χ1v) is 5.75. The Hall–Kier alpha value is -1.64. The zero-order valence-corrected chi connectivity index (χ0v) is 10.5. The number of ketones is 1. The van der Waals surface area contributed by atoms with Crippen LogP contribution in [0.4, 0.5) is 0 Å². The van der Waals surface area contributed by atoms with Crippen LogP contribution in [-0.2, 0) is 9.53 Å². The van der Waals surface area contributed by atoms with Gasteiger partial charge in [0.25, 0.3) is 0 Å². The maximum absolute atomic E-state index is 11.1. The van der Waals surface area contributed by atoms with Gasteiger partial charge < -0.3 is 4.74 Å². The van der Waals surface area contributed by atoms with Gasteiger partial charge in [-0.1, -0.05) is 31.2 Å². The SMILES string of the molecule is CC(=O)OCCC(C)c1ccc(C(C)=O)cc1. The van der Waals surface area contributed by atoms with Crippen molar-refractivity contribution in [2.45, 2.75) is 33.1 Å². The minimum absolute atomic E-state index is 0.0733. The minimum Gasteiger partial charge on any atom is -0.466 e. The first kappa shape index (κ1) is 13.4. The monoisotopic (exact) mass is 234 g/mol. The maximum atomic E-state index is 11.1. The summed E-state index contributed by atoms with van der Waals surface area (Å²) in [5, 5.41) is 0. The topological polar surface area (TPSA) is 43.4 Å². The summed E-state index contributed by atoms with van der Waals surface area (Å²) in [6.07, 6.45) is 0.791. The van der Waals surface area contributed by atoms with Gasteiger partial charge in [0.1, 0.15) is 0 Å². The molecule has 1 atom stereocenters. The van der Waals surface area contributed by atoms with E-state index in [1.807, 2.05) is 24.3 Å². The summed E-state index contributed by atoms with van der Waals surface area (Å²) in [4.78, 5) is 21.7. The lowest BCUT2D eigenvalue weighted by atomic mass is 9.96. The van der Waals surface area contributed by atoms with Crippen molar-refractivity contribution in [3.05, 3.63) is 35.4 Å². The highest BCUT2D eigenvalue weighted by Crippen LogP contribution is 2.19. The highest BCUT2D eigenvalue weighted by atomic mass is 16.5. The smallest absolute Gasteiger partial charge is 0.302 e. The molecular weight excluding hydrogens is 216 g/mol. The second kappa shape index (κ2) is 6.18. The molecule has 1 rings (SSSR count). The zero-order valence-electron chi connectivity index (χ0n) is 10.5. The van der Waals surface area contributed by atoms with E-state index < -0.39 is 0 Å². The molecule has 3 heteroatoms. The lowest BCUT2D eigenvalue weighted by Gasteiger charge is -2.11. The Balaban J connectivity index is 2.54. The standard InChI is InChI=1S/C14H18O3/c1-10(8-9-17-12(3)16)13-4-6-14(7-5-13)11(2)15/h4-7,10H,8-9H2,1-3H3.